The van der Waals surface area contributed by atoms with Crippen LogP contribution < -0.4 is 10.5 Å². The van der Waals surface area contributed by atoms with Gasteiger partial charge in [0.1, 0.15) is 18.0 Å². The van der Waals surface area contributed by atoms with Crippen molar-refractivity contribution in [3.63, 3.8) is 0 Å². The van der Waals surface area contributed by atoms with E-state index in [1.807, 2.05) is 26.0 Å². The molecule has 1 saturated carbocycles. The molecular weight excluding hydrogens is 228 g/mol. The number of pyridine rings is 1. The molecule has 1 aliphatic carbocycles. The Morgan fingerprint density at radius 3 is 2.78 bits per heavy atom. The van der Waals surface area contributed by atoms with Crippen LogP contribution in [0.5, 0.6) is 5.75 Å². The Bertz CT molecular complexity index is 409. The normalized spacial score (nSPS) is 26.8. The van der Waals surface area contributed by atoms with Crippen molar-refractivity contribution in [2.24, 2.45) is 5.73 Å². The highest BCUT2D eigenvalue weighted by Crippen LogP contribution is 2.29. The lowest BCUT2D eigenvalue weighted by Crippen LogP contribution is -2.59. The number of nitrogens with two attached hydrogens (primary N) is 1. The minimum atomic E-state index is 0.0148. The Morgan fingerprint density at radius 2 is 2.17 bits per heavy atom. The number of rotatable bonds is 5. The highest BCUT2D eigenvalue weighted by Gasteiger charge is 2.41. The maximum Gasteiger partial charge on any atom is 0.141 e. The first-order chi connectivity index (χ1) is 8.65. The molecule has 2 N–H and O–H groups in total. The van der Waals surface area contributed by atoms with Crippen LogP contribution in [0.2, 0.25) is 0 Å². The van der Waals surface area contributed by atoms with Gasteiger partial charge in [-0.3, -0.25) is 4.98 Å². The Hall–Kier alpha value is -1.13. The Balaban J connectivity index is 2.05. The Labute approximate surface area is 108 Å². The van der Waals surface area contributed by atoms with Gasteiger partial charge in [0.15, 0.2) is 0 Å². The summed E-state index contributed by atoms with van der Waals surface area (Å²) in [6.45, 7) is 6.73. The van der Waals surface area contributed by atoms with Gasteiger partial charge in [-0.25, -0.2) is 0 Å². The molecule has 4 heteroatoms. The zero-order valence-corrected chi connectivity index (χ0v) is 11.3. The van der Waals surface area contributed by atoms with Crippen molar-refractivity contribution >= 4 is 0 Å². The van der Waals surface area contributed by atoms with Crippen LogP contribution in [0.15, 0.2) is 12.1 Å². The van der Waals surface area contributed by atoms with Crippen LogP contribution in [0.1, 0.15) is 31.7 Å². The minimum absolute atomic E-state index is 0.0148. The van der Waals surface area contributed by atoms with Crippen LogP contribution in [0.4, 0.5) is 0 Å². The van der Waals surface area contributed by atoms with E-state index in [0.717, 1.165) is 30.0 Å². The van der Waals surface area contributed by atoms with E-state index >= 15 is 0 Å². The van der Waals surface area contributed by atoms with Crippen LogP contribution in [-0.2, 0) is 11.2 Å². The van der Waals surface area contributed by atoms with E-state index in [1.165, 1.54) is 0 Å². The second-order valence-corrected chi connectivity index (χ2v) is 4.73. The number of aryl methyl sites for hydroxylation is 2. The van der Waals surface area contributed by atoms with Crippen molar-refractivity contribution in [2.45, 2.75) is 51.9 Å². The third-order valence-corrected chi connectivity index (χ3v) is 3.34. The van der Waals surface area contributed by atoms with E-state index in [1.54, 1.807) is 0 Å². The first-order valence-corrected chi connectivity index (χ1v) is 6.66. The molecule has 0 aromatic carbocycles. The monoisotopic (exact) mass is 250 g/mol. The number of aromatic nitrogens is 1. The van der Waals surface area contributed by atoms with E-state index in [-0.39, 0.29) is 18.2 Å². The van der Waals surface area contributed by atoms with Gasteiger partial charge >= 0.3 is 0 Å². The number of hydrogen-bond acceptors (Lipinski definition) is 4. The molecule has 1 heterocycles. The van der Waals surface area contributed by atoms with Gasteiger partial charge in [0.05, 0.1) is 5.69 Å². The second kappa shape index (κ2) is 5.67. The second-order valence-electron chi connectivity index (χ2n) is 4.73. The molecule has 0 aliphatic heterocycles. The molecule has 2 rings (SSSR count). The summed E-state index contributed by atoms with van der Waals surface area (Å²) < 4.78 is 11.6. The maximum atomic E-state index is 6.00. The summed E-state index contributed by atoms with van der Waals surface area (Å²) in [4.78, 5) is 4.50. The van der Waals surface area contributed by atoms with Crippen LogP contribution in [-0.4, -0.2) is 29.8 Å². The van der Waals surface area contributed by atoms with Gasteiger partial charge < -0.3 is 15.2 Å². The van der Waals surface area contributed by atoms with Crippen molar-refractivity contribution < 1.29 is 9.47 Å². The molecular formula is C14H22N2O2. The maximum absolute atomic E-state index is 6.00. The fourth-order valence-electron chi connectivity index (χ4n) is 2.28. The molecule has 1 aromatic rings. The number of hydrogen-bond donors (Lipinski definition) is 1. The smallest absolute Gasteiger partial charge is 0.141 e. The van der Waals surface area contributed by atoms with E-state index in [2.05, 4.69) is 11.9 Å². The third kappa shape index (κ3) is 2.65. The summed E-state index contributed by atoms with van der Waals surface area (Å²) in [5.74, 6) is 0.865. The summed E-state index contributed by atoms with van der Waals surface area (Å²) in [7, 11) is 0. The molecule has 3 atom stereocenters. The van der Waals surface area contributed by atoms with Gasteiger partial charge in [0, 0.05) is 24.8 Å². The predicted molar refractivity (Wildman–Crippen MR) is 70.8 cm³/mol. The lowest BCUT2D eigenvalue weighted by Gasteiger charge is -2.41. The van der Waals surface area contributed by atoms with Gasteiger partial charge in [0.2, 0.25) is 0 Å². The van der Waals surface area contributed by atoms with Crippen LogP contribution >= 0.6 is 0 Å². The Morgan fingerprint density at radius 1 is 1.39 bits per heavy atom. The number of ether oxygens (including phenoxy) is 2. The van der Waals surface area contributed by atoms with E-state index in [9.17, 15) is 0 Å². The van der Waals surface area contributed by atoms with Crippen molar-refractivity contribution in [2.75, 3.05) is 6.61 Å². The van der Waals surface area contributed by atoms with Crippen LogP contribution in [0, 0.1) is 6.92 Å². The quantitative estimate of drug-likeness (QED) is 0.866. The predicted octanol–water partition coefficient (Wildman–Crippen LogP) is 1.84. The third-order valence-electron chi connectivity index (χ3n) is 3.34. The number of nitrogens with zero attached hydrogens (tertiary/aromatic N) is 1. The summed E-state index contributed by atoms with van der Waals surface area (Å²) in [5, 5.41) is 0. The van der Waals surface area contributed by atoms with Crippen molar-refractivity contribution in [3.05, 3.63) is 23.5 Å². The highest BCUT2D eigenvalue weighted by molar-refractivity contribution is 5.30. The summed E-state index contributed by atoms with van der Waals surface area (Å²) in [5.41, 5.74) is 7.95. The van der Waals surface area contributed by atoms with Crippen LogP contribution in [0.3, 0.4) is 0 Å². The van der Waals surface area contributed by atoms with Gasteiger partial charge in [-0.1, -0.05) is 6.92 Å². The van der Waals surface area contributed by atoms with E-state index in [0.29, 0.717) is 6.61 Å². The van der Waals surface area contributed by atoms with Gasteiger partial charge in [-0.15, -0.1) is 0 Å². The fraction of sp³-hybridized carbons (Fsp3) is 0.643. The first-order valence-electron chi connectivity index (χ1n) is 6.66. The lowest BCUT2D eigenvalue weighted by molar-refractivity contribution is -0.0949. The van der Waals surface area contributed by atoms with Crippen LogP contribution in [0.25, 0.3) is 0 Å². The molecule has 1 aromatic heterocycles. The molecule has 100 valence electrons. The average molecular weight is 250 g/mol. The summed E-state index contributed by atoms with van der Waals surface area (Å²) in [6.07, 6.45) is 1.80. The summed E-state index contributed by atoms with van der Waals surface area (Å²) in [6, 6.07) is 4.06. The van der Waals surface area contributed by atoms with Crippen molar-refractivity contribution in [1.82, 2.24) is 4.98 Å². The molecule has 1 aliphatic rings. The molecule has 0 radical (unpaired) electrons. The molecule has 0 spiro atoms. The molecule has 0 saturated heterocycles. The fourth-order valence-corrected chi connectivity index (χ4v) is 2.28. The molecule has 0 bridgehead atoms. The average Bonchev–Trinajstić information content (AvgIpc) is 2.37. The minimum Gasteiger partial charge on any atom is -0.486 e. The largest absolute Gasteiger partial charge is 0.486 e. The first kappa shape index (κ1) is 13.3. The topological polar surface area (TPSA) is 57.4 Å². The van der Waals surface area contributed by atoms with E-state index in [4.69, 9.17) is 15.2 Å². The molecule has 0 amide bonds. The molecule has 4 nitrogen and oxygen atoms in total. The van der Waals surface area contributed by atoms with Crippen molar-refractivity contribution in [1.29, 1.82) is 0 Å². The van der Waals surface area contributed by atoms with Gasteiger partial charge in [0.25, 0.3) is 0 Å². The zero-order valence-electron chi connectivity index (χ0n) is 11.3. The molecule has 1 fully saturated rings. The highest BCUT2D eigenvalue weighted by atomic mass is 16.5. The summed E-state index contributed by atoms with van der Waals surface area (Å²) >= 11 is 0. The SMILES string of the molecule is CCOC1C(N)CC1Oc1ccc(C)nc1CC. The Kier molecular flexibility index (Phi) is 4.19. The lowest BCUT2D eigenvalue weighted by atomic mass is 9.86. The zero-order chi connectivity index (χ0) is 13.1. The van der Waals surface area contributed by atoms with Gasteiger partial charge in [-0.05, 0) is 32.4 Å². The van der Waals surface area contributed by atoms with Gasteiger partial charge in [-0.2, -0.15) is 0 Å². The standard InChI is InChI=1S/C14H22N2O2/c1-4-11-12(7-6-9(3)16-11)18-13-8-10(15)14(13)17-5-2/h6-7,10,13-14H,4-5,8,15H2,1-3H3. The van der Waals surface area contributed by atoms with Crippen molar-refractivity contribution in [3.8, 4) is 5.75 Å². The molecule has 3 unspecified atom stereocenters. The molecule has 18 heavy (non-hydrogen) atoms. The van der Waals surface area contributed by atoms with E-state index < -0.39 is 0 Å².